The van der Waals surface area contributed by atoms with Crippen molar-refractivity contribution in [2.75, 3.05) is 19.7 Å². The molecule has 1 amide bonds. The van der Waals surface area contributed by atoms with Gasteiger partial charge in [-0.15, -0.1) is 34.5 Å². The van der Waals surface area contributed by atoms with E-state index in [0.717, 1.165) is 17.8 Å². The van der Waals surface area contributed by atoms with Crippen LogP contribution < -0.4 is 0 Å². The predicted molar refractivity (Wildman–Crippen MR) is 105 cm³/mol. The highest BCUT2D eigenvalue weighted by Crippen LogP contribution is 2.54. The SMILES string of the molecule is CCOC(=O)c1cc(-c2csc(C3CCN(C(=O)C4CC4(Cl)Cl)CC3)n2)on1. The molecule has 2 aliphatic rings. The number of nitrogens with zero attached hydrogens (tertiary/aromatic N) is 3. The summed E-state index contributed by atoms with van der Waals surface area (Å²) in [6.45, 7) is 3.36. The third kappa shape index (κ3) is 3.90. The summed E-state index contributed by atoms with van der Waals surface area (Å²) in [5, 5.41) is 6.63. The van der Waals surface area contributed by atoms with E-state index in [1.54, 1.807) is 18.3 Å². The summed E-state index contributed by atoms with van der Waals surface area (Å²) in [4.78, 5) is 30.6. The smallest absolute Gasteiger partial charge is 0.360 e. The Morgan fingerprint density at radius 1 is 1.39 bits per heavy atom. The molecule has 1 aliphatic heterocycles. The van der Waals surface area contributed by atoms with Crippen LogP contribution in [0.15, 0.2) is 16.0 Å². The third-order valence-electron chi connectivity index (χ3n) is 5.05. The molecular formula is C18H19Cl2N3O4S. The van der Waals surface area contributed by atoms with Crippen molar-refractivity contribution in [1.29, 1.82) is 0 Å². The molecule has 0 N–H and O–H groups in total. The molecular weight excluding hydrogens is 425 g/mol. The average molecular weight is 444 g/mol. The number of halogens is 2. The number of esters is 1. The lowest BCUT2D eigenvalue weighted by molar-refractivity contribution is -0.133. The Balaban J connectivity index is 1.36. The Morgan fingerprint density at radius 2 is 2.11 bits per heavy atom. The molecule has 3 heterocycles. The van der Waals surface area contributed by atoms with Crippen molar-refractivity contribution in [2.24, 2.45) is 5.92 Å². The number of aromatic nitrogens is 2. The van der Waals surface area contributed by atoms with Gasteiger partial charge in [-0.2, -0.15) is 0 Å². The molecule has 0 radical (unpaired) electrons. The Morgan fingerprint density at radius 3 is 2.75 bits per heavy atom. The molecule has 1 unspecified atom stereocenters. The van der Waals surface area contributed by atoms with Gasteiger partial charge >= 0.3 is 5.97 Å². The summed E-state index contributed by atoms with van der Waals surface area (Å²) < 4.78 is 9.27. The average Bonchev–Trinajstić information content (AvgIpc) is 3.10. The summed E-state index contributed by atoms with van der Waals surface area (Å²) in [7, 11) is 0. The quantitative estimate of drug-likeness (QED) is 0.514. The van der Waals surface area contributed by atoms with Crippen LogP contribution in [0.4, 0.5) is 0 Å². The largest absolute Gasteiger partial charge is 0.461 e. The number of carbonyl (C=O) groups is 2. The molecule has 7 nitrogen and oxygen atoms in total. The maximum atomic E-state index is 12.4. The van der Waals surface area contributed by atoms with Crippen molar-refractivity contribution in [3.63, 3.8) is 0 Å². The highest BCUT2D eigenvalue weighted by Gasteiger charge is 2.57. The van der Waals surface area contributed by atoms with Gasteiger partial charge in [0.25, 0.3) is 0 Å². The summed E-state index contributed by atoms with van der Waals surface area (Å²) in [5.74, 6) is -0.00688. The van der Waals surface area contributed by atoms with Crippen LogP contribution in [-0.2, 0) is 9.53 Å². The van der Waals surface area contributed by atoms with Crippen LogP contribution in [0.25, 0.3) is 11.5 Å². The maximum absolute atomic E-state index is 12.4. The first kappa shape index (κ1) is 19.7. The number of rotatable bonds is 5. The van der Waals surface area contributed by atoms with Gasteiger partial charge in [0.1, 0.15) is 10.0 Å². The van der Waals surface area contributed by atoms with Gasteiger partial charge in [-0.25, -0.2) is 9.78 Å². The van der Waals surface area contributed by atoms with Crippen LogP contribution in [0.1, 0.15) is 47.6 Å². The fraction of sp³-hybridized carbons (Fsp3) is 0.556. The Labute approximate surface area is 175 Å². The van der Waals surface area contributed by atoms with Gasteiger partial charge in [-0.1, -0.05) is 5.16 Å². The molecule has 2 aromatic heterocycles. The zero-order chi connectivity index (χ0) is 19.9. The summed E-state index contributed by atoms with van der Waals surface area (Å²) in [6.07, 6.45) is 2.22. The minimum atomic E-state index is -0.877. The minimum Gasteiger partial charge on any atom is -0.461 e. The van der Waals surface area contributed by atoms with Gasteiger partial charge in [0.15, 0.2) is 11.5 Å². The lowest BCUT2D eigenvalue weighted by atomic mass is 9.97. The maximum Gasteiger partial charge on any atom is 0.360 e. The molecule has 0 aromatic carbocycles. The van der Waals surface area contributed by atoms with Gasteiger partial charge in [-0.05, 0) is 26.2 Å². The molecule has 1 atom stereocenters. The lowest BCUT2D eigenvalue weighted by Crippen LogP contribution is -2.39. The molecule has 1 saturated heterocycles. The molecule has 0 bridgehead atoms. The molecule has 4 rings (SSSR count). The van der Waals surface area contributed by atoms with Crippen LogP contribution in [0.5, 0.6) is 0 Å². The number of hydrogen-bond acceptors (Lipinski definition) is 7. The van der Waals surface area contributed by atoms with Crippen LogP contribution in [0.2, 0.25) is 0 Å². The predicted octanol–water partition coefficient (Wildman–Crippen LogP) is 3.87. The number of thiazole rings is 1. The molecule has 2 fully saturated rings. The van der Waals surface area contributed by atoms with E-state index in [9.17, 15) is 9.59 Å². The van der Waals surface area contributed by atoms with Crippen molar-refractivity contribution < 1.29 is 18.8 Å². The molecule has 150 valence electrons. The minimum absolute atomic E-state index is 0.0523. The lowest BCUT2D eigenvalue weighted by Gasteiger charge is -2.31. The van der Waals surface area contributed by atoms with E-state index in [-0.39, 0.29) is 30.0 Å². The number of likely N-dealkylation sites (tertiary alicyclic amines) is 1. The first-order valence-electron chi connectivity index (χ1n) is 9.15. The Bertz CT molecular complexity index is 889. The van der Waals surface area contributed by atoms with Crippen molar-refractivity contribution in [3.8, 4) is 11.5 Å². The topological polar surface area (TPSA) is 85.5 Å². The number of alkyl halides is 2. The van der Waals surface area contributed by atoms with Crippen LogP contribution in [-0.4, -0.2) is 50.9 Å². The normalized spacial score (nSPS) is 21.5. The van der Waals surface area contributed by atoms with Crippen molar-refractivity contribution in [3.05, 3.63) is 22.1 Å². The second-order valence-corrected chi connectivity index (χ2v) is 9.42. The van der Waals surface area contributed by atoms with E-state index in [2.05, 4.69) is 10.1 Å². The third-order valence-corrected chi connectivity index (χ3v) is 6.89. The zero-order valence-electron chi connectivity index (χ0n) is 15.2. The van der Waals surface area contributed by atoms with Gasteiger partial charge in [0, 0.05) is 30.5 Å². The van der Waals surface area contributed by atoms with E-state index in [1.807, 2.05) is 10.3 Å². The molecule has 0 spiro atoms. The second-order valence-electron chi connectivity index (χ2n) is 6.99. The highest BCUT2D eigenvalue weighted by molar-refractivity contribution is 7.10. The summed E-state index contributed by atoms with van der Waals surface area (Å²) in [5.41, 5.74) is 0.779. The van der Waals surface area contributed by atoms with Gasteiger partial charge in [0.05, 0.1) is 17.5 Å². The summed E-state index contributed by atoms with van der Waals surface area (Å²) in [6, 6.07) is 1.54. The number of amides is 1. The van der Waals surface area contributed by atoms with Crippen LogP contribution in [0, 0.1) is 5.92 Å². The second kappa shape index (κ2) is 7.65. The van der Waals surface area contributed by atoms with Gasteiger partial charge in [-0.3, -0.25) is 4.79 Å². The van der Waals surface area contributed by atoms with E-state index in [4.69, 9.17) is 32.5 Å². The van der Waals surface area contributed by atoms with E-state index in [0.29, 0.717) is 31.0 Å². The number of carbonyl (C=O) groups excluding carboxylic acids is 2. The van der Waals surface area contributed by atoms with Crippen LogP contribution >= 0.6 is 34.5 Å². The fourth-order valence-electron chi connectivity index (χ4n) is 3.33. The highest BCUT2D eigenvalue weighted by atomic mass is 35.5. The molecule has 2 aromatic rings. The number of ether oxygens (including phenoxy) is 1. The summed E-state index contributed by atoms with van der Waals surface area (Å²) >= 11 is 13.6. The monoisotopic (exact) mass is 443 g/mol. The van der Waals surface area contributed by atoms with Gasteiger partial charge < -0.3 is 14.2 Å². The van der Waals surface area contributed by atoms with E-state index in [1.165, 1.54) is 6.07 Å². The van der Waals surface area contributed by atoms with E-state index >= 15 is 0 Å². The van der Waals surface area contributed by atoms with Crippen molar-refractivity contribution in [1.82, 2.24) is 15.0 Å². The number of piperidine rings is 1. The molecule has 10 heteroatoms. The first-order valence-corrected chi connectivity index (χ1v) is 10.8. The van der Waals surface area contributed by atoms with Crippen molar-refractivity contribution >= 4 is 46.4 Å². The molecule has 1 aliphatic carbocycles. The fourth-order valence-corrected chi connectivity index (χ4v) is 4.81. The van der Waals surface area contributed by atoms with E-state index < -0.39 is 10.3 Å². The zero-order valence-corrected chi connectivity index (χ0v) is 17.5. The number of hydrogen-bond donors (Lipinski definition) is 0. The standard InChI is InChI=1S/C18H19Cl2N3O4S/c1-2-26-17(25)12-7-14(27-22-12)13-9-28-15(21-13)10-3-5-23(6-4-10)16(24)11-8-18(11,19)20/h7,9-11H,2-6,8H2,1H3. The Kier molecular flexibility index (Phi) is 5.37. The molecule has 28 heavy (non-hydrogen) atoms. The van der Waals surface area contributed by atoms with Crippen molar-refractivity contribution in [2.45, 2.75) is 36.4 Å². The molecule has 1 saturated carbocycles. The van der Waals surface area contributed by atoms with Gasteiger partial charge in [0.2, 0.25) is 5.91 Å². The first-order chi connectivity index (χ1) is 13.4. The van der Waals surface area contributed by atoms with Crippen LogP contribution in [0.3, 0.4) is 0 Å². The Hall–Kier alpha value is -1.64.